The quantitative estimate of drug-likeness (QED) is 0.606. The van der Waals surface area contributed by atoms with Crippen molar-refractivity contribution < 1.29 is 27.9 Å². The summed E-state index contributed by atoms with van der Waals surface area (Å²) < 4.78 is 32.1. The topological polar surface area (TPSA) is 151 Å². The lowest BCUT2D eigenvalue weighted by Gasteiger charge is -2.56. The number of aliphatic carboxylic acids is 1. The normalized spacial score (nSPS) is 34.2. The first-order chi connectivity index (χ1) is 15.5. The number of ether oxygens (including phenoxy) is 1. The molecule has 0 bridgehead atoms. The number of benzene rings is 1. The number of nitriles is 1. The Morgan fingerprint density at radius 1 is 1.27 bits per heavy atom. The second kappa shape index (κ2) is 7.08. The number of rotatable bonds is 6. The van der Waals surface area contributed by atoms with E-state index in [4.69, 9.17) is 22.1 Å². The van der Waals surface area contributed by atoms with Gasteiger partial charge in [0.2, 0.25) is 5.91 Å². The van der Waals surface area contributed by atoms with Crippen molar-refractivity contribution in [1.82, 2.24) is 0 Å². The molecule has 1 aromatic rings. The average molecular weight is 494 g/mol. The first kappa shape index (κ1) is 22.4. The average Bonchev–Trinajstić information content (AvgIpc) is 3.27. The molecule has 11 heteroatoms. The summed E-state index contributed by atoms with van der Waals surface area (Å²) in [6.07, 6.45) is 0.0217. The van der Waals surface area contributed by atoms with Crippen LogP contribution in [-0.4, -0.2) is 57.0 Å². The third-order valence-electron chi connectivity index (χ3n) is 8.09. The molecular formula is C22H24ClN3O6S. The van der Waals surface area contributed by atoms with E-state index in [0.717, 1.165) is 32.0 Å². The van der Waals surface area contributed by atoms with Gasteiger partial charge in [0.25, 0.3) is 0 Å². The number of carbonyl (C=O) groups excluding carboxylic acids is 1. The Bertz CT molecular complexity index is 1200. The summed E-state index contributed by atoms with van der Waals surface area (Å²) in [6.45, 7) is 3.14. The summed E-state index contributed by atoms with van der Waals surface area (Å²) in [5.41, 5.74) is 3.39. The van der Waals surface area contributed by atoms with Gasteiger partial charge in [-0.1, -0.05) is 11.6 Å². The van der Waals surface area contributed by atoms with E-state index >= 15 is 0 Å². The van der Waals surface area contributed by atoms with E-state index in [1.807, 2.05) is 6.07 Å². The zero-order valence-electron chi connectivity index (χ0n) is 17.8. The van der Waals surface area contributed by atoms with Gasteiger partial charge in [0.15, 0.2) is 9.84 Å². The zero-order valence-corrected chi connectivity index (χ0v) is 19.4. The number of hydrogen-bond donors (Lipinski definition) is 2. The fourth-order valence-corrected chi connectivity index (χ4v) is 8.34. The Kier molecular flexibility index (Phi) is 4.81. The number of nitrogens with two attached hydrogens (primary N) is 1. The summed E-state index contributed by atoms with van der Waals surface area (Å²) in [6, 6.07) is 6.71. The van der Waals surface area contributed by atoms with E-state index in [9.17, 15) is 28.4 Å². The lowest BCUT2D eigenvalue weighted by molar-refractivity contribution is -0.150. The van der Waals surface area contributed by atoms with Gasteiger partial charge in [0.05, 0.1) is 45.3 Å². The molecule has 0 radical (unpaired) electrons. The largest absolute Gasteiger partial charge is 0.481 e. The van der Waals surface area contributed by atoms with Gasteiger partial charge >= 0.3 is 5.97 Å². The van der Waals surface area contributed by atoms with Gasteiger partial charge < -0.3 is 20.5 Å². The number of carboxylic acid groups (broad SMARTS) is 1. The van der Waals surface area contributed by atoms with Crippen LogP contribution in [0.1, 0.15) is 25.7 Å². The maximum atomic E-state index is 13.4. The highest BCUT2D eigenvalue weighted by atomic mass is 35.5. The van der Waals surface area contributed by atoms with Crippen molar-refractivity contribution in [3.8, 4) is 6.07 Å². The van der Waals surface area contributed by atoms with Crippen LogP contribution in [0.4, 0.5) is 5.69 Å². The van der Waals surface area contributed by atoms with Crippen molar-refractivity contribution >= 4 is 39.0 Å². The van der Waals surface area contributed by atoms with Crippen molar-refractivity contribution in [1.29, 1.82) is 5.26 Å². The molecule has 176 valence electrons. The molecule has 4 atom stereocenters. The van der Waals surface area contributed by atoms with Crippen LogP contribution in [0.3, 0.4) is 0 Å². The molecule has 1 aromatic carbocycles. The molecule has 2 aliphatic heterocycles. The molecule has 9 nitrogen and oxygen atoms in total. The minimum atomic E-state index is -3.92. The molecule has 1 amide bonds. The van der Waals surface area contributed by atoms with Crippen LogP contribution in [-0.2, 0) is 24.2 Å². The van der Waals surface area contributed by atoms with Gasteiger partial charge in [-0.05, 0) is 43.9 Å². The van der Waals surface area contributed by atoms with Crippen LogP contribution in [0.2, 0.25) is 5.02 Å². The minimum Gasteiger partial charge on any atom is -0.481 e. The molecule has 2 unspecified atom stereocenters. The van der Waals surface area contributed by atoms with Crippen molar-refractivity contribution in [3.05, 3.63) is 23.2 Å². The SMILES string of the molecule is N#CC1(C(N)=O)CC1[C@]1(C(=O)O)CC[C@@H](S(=O)(=O)c2ccc(N3CC4(COC4)C3)cc2Cl)C1. The first-order valence-corrected chi connectivity index (χ1v) is 12.7. The molecule has 2 saturated heterocycles. The standard InChI is InChI=1S/C22H24ClN3O6S/c23-15-5-13(26-9-20(10-26)11-32-12-20)1-2-16(15)33(30,31)14-3-4-21(6-14,19(28)29)17-7-22(17,8-24)18(25)27/h1-2,5,14,17H,3-4,6-7,9-12H2,(H2,25,27)(H,28,29)/t14-,17?,21+,22?/m1/s1. The summed E-state index contributed by atoms with van der Waals surface area (Å²) in [4.78, 5) is 26.2. The van der Waals surface area contributed by atoms with Gasteiger partial charge in [-0.2, -0.15) is 5.26 Å². The van der Waals surface area contributed by atoms with Crippen LogP contribution in [0.5, 0.6) is 0 Å². The van der Waals surface area contributed by atoms with E-state index < -0.39 is 43.7 Å². The highest BCUT2D eigenvalue weighted by Crippen LogP contribution is 2.66. The number of hydrogen-bond acceptors (Lipinski definition) is 7. The van der Waals surface area contributed by atoms with E-state index in [1.54, 1.807) is 12.1 Å². The Morgan fingerprint density at radius 3 is 2.45 bits per heavy atom. The Morgan fingerprint density at radius 2 is 1.97 bits per heavy atom. The highest BCUT2D eigenvalue weighted by molar-refractivity contribution is 7.92. The minimum absolute atomic E-state index is 0.0291. The van der Waals surface area contributed by atoms with Crippen molar-refractivity contribution in [2.24, 2.45) is 27.9 Å². The van der Waals surface area contributed by atoms with Crippen LogP contribution in [0, 0.1) is 33.5 Å². The van der Waals surface area contributed by atoms with Crippen molar-refractivity contribution in [2.45, 2.75) is 35.8 Å². The lowest BCUT2D eigenvalue weighted by atomic mass is 9.77. The predicted molar refractivity (Wildman–Crippen MR) is 117 cm³/mol. The predicted octanol–water partition coefficient (Wildman–Crippen LogP) is 1.59. The third kappa shape index (κ3) is 3.09. The van der Waals surface area contributed by atoms with E-state index in [1.165, 1.54) is 6.07 Å². The number of halogens is 1. The van der Waals surface area contributed by atoms with Crippen molar-refractivity contribution in [3.63, 3.8) is 0 Å². The second-order valence-electron chi connectivity index (χ2n) is 10.0. The number of carbonyl (C=O) groups is 2. The molecule has 33 heavy (non-hydrogen) atoms. The number of amides is 1. The van der Waals surface area contributed by atoms with Crippen molar-refractivity contribution in [2.75, 3.05) is 31.2 Å². The number of anilines is 1. The molecule has 1 spiro atoms. The monoisotopic (exact) mass is 493 g/mol. The van der Waals surface area contributed by atoms with Gasteiger partial charge in [0, 0.05) is 24.7 Å². The molecule has 0 aromatic heterocycles. The Labute approximate surface area is 196 Å². The molecule has 2 aliphatic carbocycles. The number of sulfone groups is 1. The fourth-order valence-electron chi connectivity index (χ4n) is 5.95. The lowest BCUT2D eigenvalue weighted by Crippen LogP contribution is -2.66. The molecule has 3 N–H and O–H groups in total. The van der Waals surface area contributed by atoms with E-state index in [-0.39, 0.29) is 41.0 Å². The van der Waals surface area contributed by atoms with Crippen LogP contribution < -0.4 is 10.6 Å². The maximum absolute atomic E-state index is 13.4. The van der Waals surface area contributed by atoms with Gasteiger partial charge in [-0.15, -0.1) is 0 Å². The third-order valence-corrected chi connectivity index (χ3v) is 10.8. The molecule has 4 aliphatic rings. The van der Waals surface area contributed by atoms with Crippen LogP contribution >= 0.6 is 11.6 Å². The van der Waals surface area contributed by atoms with Gasteiger partial charge in [0.1, 0.15) is 5.41 Å². The fraction of sp³-hybridized carbons (Fsp3) is 0.591. The molecule has 4 fully saturated rings. The smallest absolute Gasteiger partial charge is 0.310 e. The molecular weight excluding hydrogens is 470 g/mol. The highest BCUT2D eigenvalue weighted by Gasteiger charge is 2.72. The van der Waals surface area contributed by atoms with E-state index in [0.29, 0.717) is 0 Å². The summed E-state index contributed by atoms with van der Waals surface area (Å²) in [7, 11) is -3.92. The summed E-state index contributed by atoms with van der Waals surface area (Å²) in [5.74, 6) is -2.85. The molecule has 2 heterocycles. The van der Waals surface area contributed by atoms with Crippen LogP contribution in [0.25, 0.3) is 0 Å². The molecule has 5 rings (SSSR count). The number of carboxylic acids is 1. The van der Waals surface area contributed by atoms with E-state index in [2.05, 4.69) is 4.90 Å². The number of nitrogens with zero attached hydrogens (tertiary/aromatic N) is 2. The second-order valence-corrected chi connectivity index (χ2v) is 12.6. The first-order valence-electron chi connectivity index (χ1n) is 10.8. The van der Waals surface area contributed by atoms with Gasteiger partial charge in [-0.3, -0.25) is 9.59 Å². The summed E-state index contributed by atoms with van der Waals surface area (Å²) in [5, 5.41) is 18.6. The maximum Gasteiger partial charge on any atom is 0.310 e. The molecule has 2 saturated carbocycles. The summed E-state index contributed by atoms with van der Waals surface area (Å²) >= 11 is 6.40. The Hall–Kier alpha value is -2.35. The van der Waals surface area contributed by atoms with Crippen LogP contribution in [0.15, 0.2) is 23.1 Å². The Balaban J connectivity index is 1.37. The zero-order chi connectivity index (χ0) is 23.8. The van der Waals surface area contributed by atoms with Gasteiger partial charge in [-0.25, -0.2) is 8.42 Å². The number of primary amides is 1.